The fourth-order valence-electron chi connectivity index (χ4n) is 4.18. The number of hydrogen-bond acceptors (Lipinski definition) is 2. The maximum absolute atomic E-state index is 14.3. The molecule has 4 rings (SSSR count). The molecule has 0 bridgehead atoms. The van der Waals surface area contributed by atoms with Crippen molar-refractivity contribution in [2.45, 2.75) is 50.5 Å². The first-order valence-corrected chi connectivity index (χ1v) is 12.2. The minimum atomic E-state index is -3.76. The second-order valence-electron chi connectivity index (χ2n) is 8.21. The van der Waals surface area contributed by atoms with E-state index in [1.54, 1.807) is 28.6 Å². The molecule has 0 radical (unpaired) electrons. The van der Waals surface area contributed by atoms with Gasteiger partial charge in [0, 0.05) is 11.1 Å². The molecule has 0 spiro atoms. The molecule has 31 heavy (non-hydrogen) atoms. The Labute approximate surface area is 188 Å². The Kier molecular flexibility index (Phi) is 6.09. The molecule has 0 saturated heterocycles. The first-order valence-electron chi connectivity index (χ1n) is 10.4. The third kappa shape index (κ3) is 4.48. The molecule has 3 nitrogen and oxygen atoms in total. The average molecular weight is 458 g/mol. The monoisotopic (exact) mass is 457 g/mol. The SMILES string of the molecule is Cc1ccc(S(=O)(=O)N2c3cc(C)ccc3CC[C@H]2CCc2ccc(Cl)cc2F)cc1. The molecular weight excluding hydrogens is 433 g/mol. The largest absolute Gasteiger partial charge is 0.264 e. The van der Waals surface area contributed by atoms with Gasteiger partial charge in [-0.3, -0.25) is 4.31 Å². The highest BCUT2D eigenvalue weighted by Gasteiger charge is 2.36. The molecule has 6 heteroatoms. The number of aryl methyl sites for hydroxylation is 4. The maximum Gasteiger partial charge on any atom is 0.264 e. The Bertz CT molecular complexity index is 1210. The van der Waals surface area contributed by atoms with E-state index < -0.39 is 10.0 Å². The summed E-state index contributed by atoms with van der Waals surface area (Å²) >= 11 is 5.87. The number of halogens is 2. The second-order valence-corrected chi connectivity index (χ2v) is 10.5. The summed E-state index contributed by atoms with van der Waals surface area (Å²) < 4.78 is 43.4. The van der Waals surface area contributed by atoms with Crippen LogP contribution in [-0.4, -0.2) is 14.5 Å². The van der Waals surface area contributed by atoms with Crippen molar-refractivity contribution in [3.05, 3.63) is 93.8 Å². The van der Waals surface area contributed by atoms with E-state index in [1.165, 1.54) is 6.07 Å². The van der Waals surface area contributed by atoms with Crippen LogP contribution in [0.15, 0.2) is 65.6 Å². The lowest BCUT2D eigenvalue weighted by Crippen LogP contribution is -2.44. The average Bonchev–Trinajstić information content (AvgIpc) is 2.72. The molecule has 0 unspecified atom stereocenters. The summed E-state index contributed by atoms with van der Waals surface area (Å²) in [5.41, 5.74) is 4.31. The van der Waals surface area contributed by atoms with Crippen LogP contribution in [0.5, 0.6) is 0 Å². The molecule has 0 saturated carbocycles. The van der Waals surface area contributed by atoms with Crippen molar-refractivity contribution in [2.24, 2.45) is 0 Å². The number of sulfonamides is 1. The van der Waals surface area contributed by atoms with Gasteiger partial charge in [0.1, 0.15) is 5.82 Å². The van der Waals surface area contributed by atoms with E-state index in [2.05, 4.69) is 0 Å². The highest BCUT2D eigenvalue weighted by Crippen LogP contribution is 2.37. The van der Waals surface area contributed by atoms with Gasteiger partial charge in [0.25, 0.3) is 10.0 Å². The molecule has 1 heterocycles. The zero-order valence-electron chi connectivity index (χ0n) is 17.6. The molecule has 0 aliphatic carbocycles. The van der Waals surface area contributed by atoms with Crippen LogP contribution >= 0.6 is 11.6 Å². The van der Waals surface area contributed by atoms with Crippen LogP contribution in [0.2, 0.25) is 5.02 Å². The Hall–Kier alpha value is -2.37. The minimum absolute atomic E-state index is 0.254. The lowest BCUT2D eigenvalue weighted by molar-refractivity contribution is 0.517. The first kappa shape index (κ1) is 21.8. The molecule has 0 aromatic heterocycles. The van der Waals surface area contributed by atoms with Gasteiger partial charge in [0.2, 0.25) is 0 Å². The van der Waals surface area contributed by atoms with Crippen LogP contribution in [0.25, 0.3) is 0 Å². The third-order valence-corrected chi connectivity index (χ3v) is 8.01. The number of benzene rings is 3. The molecule has 1 atom stereocenters. The molecule has 0 N–H and O–H groups in total. The van der Waals surface area contributed by atoms with Crippen LogP contribution in [0.3, 0.4) is 0 Å². The predicted molar refractivity (Wildman–Crippen MR) is 124 cm³/mol. The smallest absolute Gasteiger partial charge is 0.263 e. The summed E-state index contributed by atoms with van der Waals surface area (Å²) in [6.45, 7) is 3.89. The fraction of sp³-hybridized carbons (Fsp3) is 0.280. The normalized spacial score (nSPS) is 16.3. The van der Waals surface area contributed by atoms with Crippen molar-refractivity contribution in [1.29, 1.82) is 0 Å². The molecule has 3 aromatic rings. The molecule has 162 valence electrons. The van der Waals surface area contributed by atoms with Gasteiger partial charge in [-0.05, 0) is 86.6 Å². The highest BCUT2D eigenvalue weighted by molar-refractivity contribution is 7.92. The summed E-state index contributed by atoms with van der Waals surface area (Å²) in [4.78, 5) is 0.273. The van der Waals surface area contributed by atoms with Gasteiger partial charge in [0.15, 0.2) is 0 Å². The van der Waals surface area contributed by atoms with Gasteiger partial charge in [0.05, 0.1) is 10.6 Å². The van der Waals surface area contributed by atoms with Crippen molar-refractivity contribution in [3.8, 4) is 0 Å². The molecule has 0 amide bonds. The standard InChI is InChI=1S/C25H25ClFNO2S/c1-17-4-13-23(14-5-17)31(29,30)28-22(11-8-19-7-10-21(26)16-24(19)27)12-9-20-6-3-18(2)15-25(20)28/h3-7,10,13-16,22H,8-9,11-12H2,1-2H3/t22-/m1/s1. The second kappa shape index (κ2) is 8.64. The Morgan fingerprint density at radius 3 is 2.42 bits per heavy atom. The predicted octanol–water partition coefficient (Wildman–Crippen LogP) is 6.24. The van der Waals surface area contributed by atoms with Gasteiger partial charge in [-0.15, -0.1) is 0 Å². The van der Waals surface area contributed by atoms with Gasteiger partial charge >= 0.3 is 0 Å². The van der Waals surface area contributed by atoms with Gasteiger partial charge in [-0.25, -0.2) is 12.8 Å². The van der Waals surface area contributed by atoms with E-state index in [1.807, 2.05) is 44.2 Å². The van der Waals surface area contributed by atoms with Gasteiger partial charge in [-0.2, -0.15) is 0 Å². The van der Waals surface area contributed by atoms with E-state index in [0.717, 1.165) is 28.8 Å². The fourth-order valence-corrected chi connectivity index (χ4v) is 6.08. The molecule has 3 aromatic carbocycles. The van der Waals surface area contributed by atoms with Crippen molar-refractivity contribution in [1.82, 2.24) is 0 Å². The lowest BCUT2D eigenvalue weighted by Gasteiger charge is -2.38. The van der Waals surface area contributed by atoms with Gasteiger partial charge in [-0.1, -0.05) is 47.5 Å². The number of anilines is 1. The highest BCUT2D eigenvalue weighted by atomic mass is 35.5. The Morgan fingerprint density at radius 1 is 1.00 bits per heavy atom. The maximum atomic E-state index is 14.3. The quantitative estimate of drug-likeness (QED) is 0.454. The van der Waals surface area contributed by atoms with Crippen molar-refractivity contribution < 1.29 is 12.8 Å². The zero-order chi connectivity index (χ0) is 22.2. The van der Waals surface area contributed by atoms with Crippen LogP contribution < -0.4 is 4.31 Å². The Balaban J connectivity index is 1.72. The summed E-state index contributed by atoms with van der Waals surface area (Å²) in [5, 5.41) is 0.354. The topological polar surface area (TPSA) is 37.4 Å². The Morgan fingerprint density at radius 2 is 1.71 bits per heavy atom. The van der Waals surface area contributed by atoms with E-state index in [-0.39, 0.29) is 16.8 Å². The third-order valence-electron chi connectivity index (χ3n) is 5.90. The lowest BCUT2D eigenvalue weighted by atomic mass is 9.93. The zero-order valence-corrected chi connectivity index (χ0v) is 19.2. The number of rotatable bonds is 5. The van der Waals surface area contributed by atoms with Crippen molar-refractivity contribution in [2.75, 3.05) is 4.31 Å². The van der Waals surface area contributed by atoms with Crippen LogP contribution in [-0.2, 0) is 22.9 Å². The molecular formula is C25H25ClFNO2S. The molecule has 1 aliphatic rings. The van der Waals surface area contributed by atoms with E-state index in [9.17, 15) is 12.8 Å². The van der Waals surface area contributed by atoms with Crippen molar-refractivity contribution >= 4 is 27.3 Å². The van der Waals surface area contributed by atoms with Gasteiger partial charge < -0.3 is 0 Å². The van der Waals surface area contributed by atoms with Crippen LogP contribution in [0.1, 0.15) is 35.1 Å². The summed E-state index contributed by atoms with van der Waals surface area (Å²) in [5.74, 6) is -0.354. The summed E-state index contributed by atoms with van der Waals surface area (Å²) in [6.07, 6.45) is 2.45. The van der Waals surface area contributed by atoms with Crippen LogP contribution in [0, 0.1) is 19.7 Å². The van der Waals surface area contributed by atoms with E-state index in [4.69, 9.17) is 11.6 Å². The minimum Gasteiger partial charge on any atom is -0.263 e. The molecule has 1 aliphatic heterocycles. The van der Waals surface area contributed by atoms with E-state index >= 15 is 0 Å². The van der Waals surface area contributed by atoms with E-state index in [0.29, 0.717) is 29.8 Å². The summed E-state index contributed by atoms with van der Waals surface area (Å²) in [7, 11) is -3.76. The van der Waals surface area contributed by atoms with Crippen LogP contribution in [0.4, 0.5) is 10.1 Å². The first-order chi connectivity index (χ1) is 14.8. The number of fused-ring (bicyclic) bond motifs is 1. The van der Waals surface area contributed by atoms with Crippen molar-refractivity contribution in [3.63, 3.8) is 0 Å². The molecule has 0 fully saturated rings. The summed E-state index contributed by atoms with van der Waals surface area (Å²) in [6, 6.07) is 17.3. The number of nitrogens with zero attached hydrogens (tertiary/aromatic N) is 1. The number of hydrogen-bond donors (Lipinski definition) is 0.